The average Bonchev–Trinajstić information content (AvgIpc) is 3.28. The van der Waals surface area contributed by atoms with Gasteiger partial charge in [0.15, 0.2) is 0 Å². The second kappa shape index (κ2) is 6.81. The molecule has 1 aliphatic carbocycles. The minimum absolute atomic E-state index is 0.0427. The number of nitrogens with one attached hydrogen (secondary N) is 1. The van der Waals surface area contributed by atoms with Gasteiger partial charge in [-0.1, -0.05) is 12.1 Å². The molecule has 2 aromatic rings. The molecule has 5 heteroatoms. The van der Waals surface area contributed by atoms with Crippen molar-refractivity contribution in [3.05, 3.63) is 51.5 Å². The van der Waals surface area contributed by atoms with Crippen LogP contribution in [0.3, 0.4) is 0 Å². The summed E-state index contributed by atoms with van der Waals surface area (Å²) in [7, 11) is 3.56. The standard InChI is InChI=1S/C18H23N3OS/c1-12-10-20-17(23-12)16(14-7-8-14)19-11-13-5-4-6-15(9-13)18(22)21(2)3/h4-6,9-10,14,16,19H,7-8,11H2,1-3H3/t16-/m0/s1. The Morgan fingerprint density at radius 1 is 1.43 bits per heavy atom. The van der Waals surface area contributed by atoms with Gasteiger partial charge in [0.1, 0.15) is 5.01 Å². The van der Waals surface area contributed by atoms with Crippen LogP contribution >= 0.6 is 11.3 Å². The van der Waals surface area contributed by atoms with Crippen molar-refractivity contribution < 1.29 is 4.79 Å². The van der Waals surface area contributed by atoms with Crippen LogP contribution in [-0.4, -0.2) is 29.9 Å². The van der Waals surface area contributed by atoms with Gasteiger partial charge in [-0.15, -0.1) is 11.3 Å². The van der Waals surface area contributed by atoms with Crippen molar-refractivity contribution in [2.45, 2.75) is 32.4 Å². The van der Waals surface area contributed by atoms with E-state index in [0.717, 1.165) is 17.7 Å². The topological polar surface area (TPSA) is 45.2 Å². The van der Waals surface area contributed by atoms with Gasteiger partial charge in [0.2, 0.25) is 0 Å². The summed E-state index contributed by atoms with van der Waals surface area (Å²) in [6.45, 7) is 2.86. The van der Waals surface area contributed by atoms with Crippen molar-refractivity contribution in [1.82, 2.24) is 15.2 Å². The Kier molecular flexibility index (Phi) is 4.78. The number of carbonyl (C=O) groups excluding carboxylic acids is 1. The van der Waals surface area contributed by atoms with Crippen LogP contribution in [0.15, 0.2) is 30.5 Å². The minimum atomic E-state index is 0.0427. The number of benzene rings is 1. The maximum Gasteiger partial charge on any atom is 0.253 e. The largest absolute Gasteiger partial charge is 0.345 e. The molecule has 1 heterocycles. The lowest BCUT2D eigenvalue weighted by Gasteiger charge is -2.16. The third-order valence-electron chi connectivity index (χ3n) is 4.10. The Bertz CT molecular complexity index is 691. The molecule has 0 saturated heterocycles. The van der Waals surface area contributed by atoms with E-state index in [1.54, 1.807) is 30.3 Å². The molecule has 1 saturated carbocycles. The highest BCUT2D eigenvalue weighted by Gasteiger charge is 2.33. The molecule has 0 aliphatic heterocycles. The molecule has 0 bridgehead atoms. The second-order valence-electron chi connectivity index (χ2n) is 6.41. The first-order chi connectivity index (χ1) is 11.0. The van der Waals surface area contributed by atoms with E-state index in [9.17, 15) is 4.79 Å². The fourth-order valence-electron chi connectivity index (χ4n) is 2.70. The quantitative estimate of drug-likeness (QED) is 0.883. The number of hydrogen-bond donors (Lipinski definition) is 1. The van der Waals surface area contributed by atoms with Gasteiger partial charge in [-0.2, -0.15) is 0 Å². The lowest BCUT2D eigenvalue weighted by atomic mass is 10.1. The average molecular weight is 329 g/mol. The molecule has 1 aromatic carbocycles. The van der Waals surface area contributed by atoms with E-state index in [1.807, 2.05) is 24.4 Å². The van der Waals surface area contributed by atoms with E-state index < -0.39 is 0 Å². The molecule has 0 spiro atoms. The van der Waals surface area contributed by atoms with E-state index in [-0.39, 0.29) is 5.91 Å². The highest BCUT2D eigenvalue weighted by Crippen LogP contribution is 2.42. The summed E-state index contributed by atoms with van der Waals surface area (Å²) in [5, 5.41) is 4.83. The minimum Gasteiger partial charge on any atom is -0.345 e. The van der Waals surface area contributed by atoms with Gasteiger partial charge in [-0.3, -0.25) is 4.79 Å². The Morgan fingerprint density at radius 2 is 2.22 bits per heavy atom. The third-order valence-corrected chi connectivity index (χ3v) is 5.10. The first-order valence-corrected chi connectivity index (χ1v) is 8.82. The van der Waals surface area contributed by atoms with Crippen LogP contribution in [0.2, 0.25) is 0 Å². The first-order valence-electron chi connectivity index (χ1n) is 8.01. The number of aryl methyl sites for hydroxylation is 1. The number of rotatable bonds is 6. The van der Waals surface area contributed by atoms with Gasteiger partial charge < -0.3 is 10.2 Å². The highest BCUT2D eigenvalue weighted by atomic mass is 32.1. The van der Waals surface area contributed by atoms with Gasteiger partial charge in [-0.25, -0.2) is 4.98 Å². The van der Waals surface area contributed by atoms with E-state index in [0.29, 0.717) is 12.0 Å². The molecule has 1 N–H and O–H groups in total. The molecule has 1 aromatic heterocycles. The molecule has 0 unspecified atom stereocenters. The van der Waals surface area contributed by atoms with Crippen molar-refractivity contribution >= 4 is 17.2 Å². The number of thiazole rings is 1. The maximum atomic E-state index is 12.1. The zero-order valence-electron chi connectivity index (χ0n) is 13.9. The van der Waals surface area contributed by atoms with Crippen LogP contribution in [0.1, 0.15) is 44.7 Å². The SMILES string of the molecule is Cc1cnc([C@@H](NCc2cccc(C(=O)N(C)C)c2)C2CC2)s1. The van der Waals surface area contributed by atoms with Gasteiger partial charge in [0, 0.05) is 37.3 Å². The van der Waals surface area contributed by atoms with Gasteiger partial charge in [0.05, 0.1) is 6.04 Å². The van der Waals surface area contributed by atoms with Crippen molar-refractivity contribution in [2.24, 2.45) is 5.92 Å². The lowest BCUT2D eigenvalue weighted by Crippen LogP contribution is -2.24. The van der Waals surface area contributed by atoms with Crippen molar-refractivity contribution in [3.63, 3.8) is 0 Å². The number of hydrogen-bond acceptors (Lipinski definition) is 4. The van der Waals surface area contributed by atoms with E-state index >= 15 is 0 Å². The monoisotopic (exact) mass is 329 g/mol. The summed E-state index contributed by atoms with van der Waals surface area (Å²) in [6, 6.07) is 8.20. The Labute approximate surface area is 141 Å². The van der Waals surface area contributed by atoms with Gasteiger partial charge >= 0.3 is 0 Å². The maximum absolute atomic E-state index is 12.1. The smallest absolute Gasteiger partial charge is 0.253 e. The number of nitrogens with zero attached hydrogens (tertiary/aromatic N) is 2. The fraction of sp³-hybridized carbons (Fsp3) is 0.444. The molecular formula is C18H23N3OS. The van der Waals surface area contributed by atoms with Crippen LogP contribution in [0, 0.1) is 12.8 Å². The molecule has 1 fully saturated rings. The number of aromatic nitrogens is 1. The Morgan fingerprint density at radius 3 is 2.83 bits per heavy atom. The Hall–Kier alpha value is -1.72. The fourth-order valence-corrected chi connectivity index (χ4v) is 3.64. The van der Waals surface area contributed by atoms with Crippen molar-refractivity contribution in [3.8, 4) is 0 Å². The summed E-state index contributed by atoms with van der Waals surface area (Å²) in [5.74, 6) is 0.744. The lowest BCUT2D eigenvalue weighted by molar-refractivity contribution is 0.0827. The molecule has 1 amide bonds. The second-order valence-corrected chi connectivity index (χ2v) is 7.67. The molecule has 0 radical (unpaired) electrons. The molecular weight excluding hydrogens is 306 g/mol. The van der Waals surface area contributed by atoms with E-state index in [2.05, 4.69) is 23.3 Å². The third kappa shape index (κ3) is 3.98. The van der Waals surface area contributed by atoms with Crippen molar-refractivity contribution in [2.75, 3.05) is 14.1 Å². The van der Waals surface area contributed by atoms with Crippen LogP contribution in [0.25, 0.3) is 0 Å². The molecule has 23 heavy (non-hydrogen) atoms. The summed E-state index contributed by atoms with van der Waals surface area (Å²) < 4.78 is 0. The number of carbonyl (C=O) groups is 1. The summed E-state index contributed by atoms with van der Waals surface area (Å²) in [4.78, 5) is 19.5. The van der Waals surface area contributed by atoms with Crippen LogP contribution < -0.4 is 5.32 Å². The number of amides is 1. The molecule has 122 valence electrons. The molecule has 1 aliphatic rings. The van der Waals surface area contributed by atoms with Crippen molar-refractivity contribution in [1.29, 1.82) is 0 Å². The van der Waals surface area contributed by atoms with Gasteiger partial charge in [0.25, 0.3) is 5.91 Å². The van der Waals surface area contributed by atoms with Gasteiger partial charge in [-0.05, 0) is 43.4 Å². The summed E-state index contributed by atoms with van der Waals surface area (Å²) in [6.07, 6.45) is 4.50. The highest BCUT2D eigenvalue weighted by molar-refractivity contribution is 7.11. The summed E-state index contributed by atoms with van der Waals surface area (Å²) >= 11 is 1.78. The first kappa shape index (κ1) is 16.1. The predicted molar refractivity (Wildman–Crippen MR) is 93.6 cm³/mol. The van der Waals surface area contributed by atoms with E-state index in [4.69, 9.17) is 0 Å². The van der Waals surface area contributed by atoms with Crippen LogP contribution in [-0.2, 0) is 6.54 Å². The molecule has 4 nitrogen and oxygen atoms in total. The Balaban J connectivity index is 1.69. The molecule has 1 atom stereocenters. The summed E-state index contributed by atoms with van der Waals surface area (Å²) in [5.41, 5.74) is 1.87. The predicted octanol–water partition coefficient (Wildman–Crippen LogP) is 3.39. The van der Waals surface area contributed by atoms with Crippen LogP contribution in [0.5, 0.6) is 0 Å². The normalized spacial score (nSPS) is 15.4. The zero-order valence-corrected chi connectivity index (χ0v) is 14.7. The zero-order chi connectivity index (χ0) is 16.4. The van der Waals surface area contributed by atoms with E-state index in [1.165, 1.54) is 22.7 Å². The van der Waals surface area contributed by atoms with Crippen LogP contribution in [0.4, 0.5) is 0 Å². The molecule has 3 rings (SSSR count).